The molecule has 0 radical (unpaired) electrons. The maximum Gasteiger partial charge on any atom is 0.341 e. The molecule has 0 amide bonds. The second-order valence-electron chi connectivity index (χ2n) is 3.93. The van der Waals surface area contributed by atoms with Gasteiger partial charge in [-0.3, -0.25) is 0 Å². The molecule has 0 saturated heterocycles. The number of aromatic nitrogens is 2. The molecule has 5 heteroatoms. The van der Waals surface area contributed by atoms with Gasteiger partial charge in [-0.05, 0) is 25.7 Å². The molecule has 88 valence electrons. The maximum atomic E-state index is 11.3. The molecule has 5 nitrogen and oxygen atoms in total. The summed E-state index contributed by atoms with van der Waals surface area (Å²) >= 11 is 0. The van der Waals surface area contributed by atoms with Gasteiger partial charge in [0.2, 0.25) is 0 Å². The Labute approximate surface area is 94.3 Å². The van der Waals surface area contributed by atoms with Gasteiger partial charge in [0.05, 0.1) is 25.0 Å². The number of carbonyl (C=O) groups is 1. The van der Waals surface area contributed by atoms with Gasteiger partial charge in [-0.25, -0.2) is 9.48 Å². The van der Waals surface area contributed by atoms with E-state index in [1.54, 1.807) is 17.8 Å². The normalized spacial score (nSPS) is 15.1. The van der Waals surface area contributed by atoms with Crippen LogP contribution in [0.3, 0.4) is 0 Å². The van der Waals surface area contributed by atoms with Gasteiger partial charge in [0, 0.05) is 6.20 Å². The van der Waals surface area contributed by atoms with E-state index in [4.69, 9.17) is 9.47 Å². The van der Waals surface area contributed by atoms with E-state index in [2.05, 4.69) is 5.10 Å². The van der Waals surface area contributed by atoms with E-state index in [9.17, 15) is 4.79 Å². The van der Waals surface area contributed by atoms with Crippen molar-refractivity contribution in [2.45, 2.75) is 26.5 Å². The monoisotopic (exact) mass is 224 g/mol. The number of hydrogen-bond acceptors (Lipinski definition) is 4. The second kappa shape index (κ2) is 5.12. The van der Waals surface area contributed by atoms with Gasteiger partial charge < -0.3 is 9.47 Å². The van der Waals surface area contributed by atoms with Crippen molar-refractivity contribution < 1.29 is 14.3 Å². The van der Waals surface area contributed by atoms with E-state index >= 15 is 0 Å². The molecule has 0 aliphatic heterocycles. The molecule has 0 spiro atoms. The van der Waals surface area contributed by atoms with Gasteiger partial charge in [0.25, 0.3) is 0 Å². The van der Waals surface area contributed by atoms with E-state index in [0.29, 0.717) is 18.9 Å². The van der Waals surface area contributed by atoms with Crippen LogP contribution >= 0.6 is 0 Å². The second-order valence-corrected chi connectivity index (χ2v) is 3.93. The van der Waals surface area contributed by atoms with Crippen molar-refractivity contribution >= 4 is 5.97 Å². The molecule has 2 rings (SSSR count). The Balaban J connectivity index is 1.78. The van der Waals surface area contributed by atoms with E-state index in [0.717, 1.165) is 12.5 Å². The zero-order valence-corrected chi connectivity index (χ0v) is 9.39. The third-order valence-corrected chi connectivity index (χ3v) is 2.42. The van der Waals surface area contributed by atoms with E-state index in [1.807, 2.05) is 0 Å². The Hall–Kier alpha value is -1.36. The molecule has 0 aromatic carbocycles. The zero-order chi connectivity index (χ0) is 11.4. The third-order valence-electron chi connectivity index (χ3n) is 2.42. The minimum Gasteiger partial charge on any atom is -0.462 e. The first-order valence-electron chi connectivity index (χ1n) is 5.57. The SMILES string of the molecule is CCOC(=O)c1cnn(COCC2CC2)c1. The number of hydrogen-bond donors (Lipinski definition) is 0. The third kappa shape index (κ3) is 3.06. The highest BCUT2D eigenvalue weighted by Crippen LogP contribution is 2.28. The van der Waals surface area contributed by atoms with Crippen LogP contribution in [0, 0.1) is 5.92 Å². The van der Waals surface area contributed by atoms with Gasteiger partial charge in [-0.15, -0.1) is 0 Å². The number of ether oxygens (including phenoxy) is 2. The fourth-order valence-electron chi connectivity index (χ4n) is 1.35. The van der Waals surface area contributed by atoms with Crippen molar-refractivity contribution in [3.63, 3.8) is 0 Å². The molecule has 1 aromatic heterocycles. The van der Waals surface area contributed by atoms with Crippen molar-refractivity contribution in [3.8, 4) is 0 Å². The number of esters is 1. The minimum absolute atomic E-state index is 0.337. The van der Waals surface area contributed by atoms with Crippen LogP contribution in [-0.4, -0.2) is 29.0 Å². The topological polar surface area (TPSA) is 53.3 Å². The smallest absolute Gasteiger partial charge is 0.341 e. The fraction of sp³-hybridized carbons (Fsp3) is 0.636. The average molecular weight is 224 g/mol. The lowest BCUT2D eigenvalue weighted by atomic mass is 10.4. The molecular weight excluding hydrogens is 208 g/mol. The number of rotatable bonds is 6. The first kappa shape index (κ1) is 11.1. The number of nitrogens with zero attached hydrogens (tertiary/aromatic N) is 2. The lowest BCUT2D eigenvalue weighted by Gasteiger charge is -2.02. The predicted octanol–water partition coefficient (Wildman–Crippen LogP) is 1.44. The quantitative estimate of drug-likeness (QED) is 0.686. The molecule has 0 bridgehead atoms. The van der Waals surface area contributed by atoms with Crippen molar-refractivity contribution in [1.82, 2.24) is 9.78 Å². The summed E-state index contributed by atoms with van der Waals surface area (Å²) < 4.78 is 11.9. The first-order chi connectivity index (χ1) is 7.79. The Kier molecular flexibility index (Phi) is 3.56. The van der Waals surface area contributed by atoms with Crippen molar-refractivity contribution in [1.29, 1.82) is 0 Å². The summed E-state index contributed by atoms with van der Waals surface area (Å²) in [6, 6.07) is 0. The molecule has 1 fully saturated rings. The number of carbonyl (C=O) groups excluding carboxylic acids is 1. The van der Waals surface area contributed by atoms with Crippen molar-refractivity contribution in [2.75, 3.05) is 13.2 Å². The molecule has 0 atom stereocenters. The van der Waals surface area contributed by atoms with Gasteiger partial charge in [-0.1, -0.05) is 0 Å². The summed E-state index contributed by atoms with van der Waals surface area (Å²) in [7, 11) is 0. The maximum absolute atomic E-state index is 11.3. The average Bonchev–Trinajstić information content (AvgIpc) is 2.95. The summed E-state index contributed by atoms with van der Waals surface area (Å²) in [6.45, 7) is 3.34. The van der Waals surface area contributed by atoms with Crippen LogP contribution in [0.5, 0.6) is 0 Å². The molecule has 1 aliphatic carbocycles. The summed E-state index contributed by atoms with van der Waals surface area (Å²) in [5.41, 5.74) is 0.469. The molecular formula is C11H16N2O3. The van der Waals surface area contributed by atoms with Gasteiger partial charge in [0.15, 0.2) is 0 Å². The fourth-order valence-corrected chi connectivity index (χ4v) is 1.35. The Morgan fingerprint density at radius 2 is 2.44 bits per heavy atom. The molecule has 1 aromatic rings. The van der Waals surface area contributed by atoms with E-state index in [-0.39, 0.29) is 5.97 Å². The molecule has 1 heterocycles. The predicted molar refractivity (Wildman–Crippen MR) is 56.9 cm³/mol. The lowest BCUT2D eigenvalue weighted by Crippen LogP contribution is -2.06. The molecule has 16 heavy (non-hydrogen) atoms. The van der Waals surface area contributed by atoms with Crippen LogP contribution in [0.25, 0.3) is 0 Å². The molecule has 0 N–H and O–H groups in total. The highest BCUT2D eigenvalue weighted by atomic mass is 16.5. The van der Waals surface area contributed by atoms with Crippen LogP contribution in [0.1, 0.15) is 30.1 Å². The highest BCUT2D eigenvalue weighted by Gasteiger charge is 2.21. The largest absolute Gasteiger partial charge is 0.462 e. The van der Waals surface area contributed by atoms with Crippen molar-refractivity contribution in [3.05, 3.63) is 18.0 Å². The van der Waals surface area contributed by atoms with Crippen LogP contribution in [0.15, 0.2) is 12.4 Å². The first-order valence-corrected chi connectivity index (χ1v) is 5.57. The Morgan fingerprint density at radius 1 is 1.62 bits per heavy atom. The summed E-state index contributed by atoms with van der Waals surface area (Å²) in [5, 5.41) is 4.03. The Morgan fingerprint density at radius 3 is 3.12 bits per heavy atom. The lowest BCUT2D eigenvalue weighted by molar-refractivity contribution is 0.0522. The molecule has 1 aliphatic rings. The standard InChI is InChI=1S/C11H16N2O3/c1-2-16-11(14)10-5-12-13(6-10)8-15-7-9-3-4-9/h5-6,9H,2-4,7-8H2,1H3. The van der Waals surface area contributed by atoms with Crippen LogP contribution < -0.4 is 0 Å². The van der Waals surface area contributed by atoms with Crippen LogP contribution in [0.4, 0.5) is 0 Å². The van der Waals surface area contributed by atoms with Crippen LogP contribution in [-0.2, 0) is 16.2 Å². The molecule has 1 saturated carbocycles. The van der Waals surface area contributed by atoms with Crippen LogP contribution in [0.2, 0.25) is 0 Å². The van der Waals surface area contributed by atoms with Gasteiger partial charge >= 0.3 is 5.97 Å². The van der Waals surface area contributed by atoms with E-state index < -0.39 is 0 Å². The molecule has 0 unspecified atom stereocenters. The minimum atomic E-state index is -0.337. The summed E-state index contributed by atoms with van der Waals surface area (Å²) in [4.78, 5) is 11.3. The zero-order valence-electron chi connectivity index (χ0n) is 9.39. The summed E-state index contributed by atoms with van der Waals surface area (Å²) in [5.74, 6) is 0.399. The van der Waals surface area contributed by atoms with Gasteiger partial charge in [0.1, 0.15) is 6.73 Å². The van der Waals surface area contributed by atoms with Crippen molar-refractivity contribution in [2.24, 2.45) is 5.92 Å². The highest BCUT2D eigenvalue weighted by molar-refractivity contribution is 5.88. The summed E-state index contributed by atoms with van der Waals surface area (Å²) in [6.07, 6.45) is 5.68. The van der Waals surface area contributed by atoms with E-state index in [1.165, 1.54) is 19.0 Å². The Bertz CT molecular complexity index is 358. The van der Waals surface area contributed by atoms with Gasteiger partial charge in [-0.2, -0.15) is 5.10 Å².